The Morgan fingerprint density at radius 1 is 0.969 bits per heavy atom. The maximum absolute atomic E-state index is 13.0. The van der Waals surface area contributed by atoms with Crippen LogP contribution in [0.3, 0.4) is 0 Å². The molecule has 0 spiro atoms. The second-order valence-corrected chi connectivity index (χ2v) is 10.6. The molecule has 2 atom stereocenters. The van der Waals surface area contributed by atoms with Crippen molar-refractivity contribution >= 4 is 33.4 Å². The normalized spacial score (nSPS) is 24.3. The summed E-state index contributed by atoms with van der Waals surface area (Å²) in [6, 6.07) is 6.23. The molecule has 0 saturated carbocycles. The summed E-state index contributed by atoms with van der Waals surface area (Å²) < 4.78 is 27.5. The molecule has 1 N–H and O–H groups in total. The lowest BCUT2D eigenvalue weighted by atomic mass is 9.85. The number of carbonyl (C=O) groups excluding carboxylic acids is 3. The van der Waals surface area contributed by atoms with Gasteiger partial charge >= 0.3 is 0 Å². The third-order valence-electron chi connectivity index (χ3n) is 6.48. The molecule has 2 saturated heterocycles. The van der Waals surface area contributed by atoms with E-state index in [4.69, 9.17) is 0 Å². The lowest BCUT2D eigenvalue weighted by Gasteiger charge is -2.20. The van der Waals surface area contributed by atoms with Gasteiger partial charge in [-0.05, 0) is 43.9 Å². The Morgan fingerprint density at radius 3 is 2.22 bits per heavy atom. The summed E-state index contributed by atoms with van der Waals surface area (Å²) in [5.74, 6) is -1.40. The lowest BCUT2D eigenvalue weighted by molar-refractivity contribution is -0.140. The molecule has 172 valence electrons. The fourth-order valence-corrected chi connectivity index (χ4v) is 6.26. The summed E-state index contributed by atoms with van der Waals surface area (Å²) in [5, 5.41) is 2.70. The minimum absolute atomic E-state index is 0.0300. The number of hydrogen-bond acceptors (Lipinski definition) is 5. The lowest BCUT2D eigenvalue weighted by Crippen LogP contribution is -2.34. The molecular weight excluding hydrogens is 430 g/mol. The van der Waals surface area contributed by atoms with E-state index in [0.29, 0.717) is 31.6 Å². The van der Waals surface area contributed by atoms with Gasteiger partial charge in [0.25, 0.3) is 0 Å². The smallest absolute Gasteiger partial charge is 0.243 e. The highest BCUT2D eigenvalue weighted by molar-refractivity contribution is 7.89. The van der Waals surface area contributed by atoms with Gasteiger partial charge in [0, 0.05) is 31.7 Å². The second-order valence-electron chi connectivity index (χ2n) is 8.63. The highest BCUT2D eigenvalue weighted by Crippen LogP contribution is 2.35. The number of sulfonamides is 1. The Kier molecular flexibility index (Phi) is 6.76. The van der Waals surface area contributed by atoms with Gasteiger partial charge in [-0.15, -0.1) is 0 Å². The fraction of sp³-hybridized carbons (Fsp3) is 0.522. The van der Waals surface area contributed by atoms with Crippen LogP contribution in [0.5, 0.6) is 0 Å². The van der Waals surface area contributed by atoms with E-state index in [1.807, 2.05) is 12.2 Å². The van der Waals surface area contributed by atoms with E-state index in [2.05, 4.69) is 5.32 Å². The Balaban J connectivity index is 1.37. The first-order valence-corrected chi connectivity index (χ1v) is 12.7. The molecular formula is C23H29N3O5S. The van der Waals surface area contributed by atoms with Crippen molar-refractivity contribution in [2.24, 2.45) is 11.8 Å². The maximum atomic E-state index is 13.0. The minimum Gasteiger partial charge on any atom is -0.326 e. The SMILES string of the molecule is O=C(CCN1C(=O)C2CC=CCC2C1=O)Nc1cccc(S(=O)(=O)N2CCCCCC2)c1. The van der Waals surface area contributed by atoms with Crippen LogP contribution in [-0.2, 0) is 24.4 Å². The number of likely N-dealkylation sites (tertiary alicyclic amines) is 1. The van der Waals surface area contributed by atoms with Crippen LogP contribution in [0.4, 0.5) is 5.69 Å². The summed E-state index contributed by atoms with van der Waals surface area (Å²) in [6.07, 6.45) is 8.71. The number of fused-ring (bicyclic) bond motifs is 1. The molecule has 9 heteroatoms. The molecule has 2 unspecified atom stereocenters. The Labute approximate surface area is 188 Å². The molecule has 4 rings (SSSR count). The van der Waals surface area contributed by atoms with E-state index in [1.165, 1.54) is 21.3 Å². The molecule has 2 heterocycles. The van der Waals surface area contributed by atoms with Crippen molar-refractivity contribution in [3.8, 4) is 0 Å². The van der Waals surface area contributed by atoms with Crippen molar-refractivity contribution < 1.29 is 22.8 Å². The van der Waals surface area contributed by atoms with E-state index in [9.17, 15) is 22.8 Å². The number of rotatable bonds is 6. The number of benzene rings is 1. The Hall–Kier alpha value is -2.52. The van der Waals surface area contributed by atoms with E-state index >= 15 is 0 Å². The van der Waals surface area contributed by atoms with E-state index in [1.54, 1.807) is 12.1 Å². The molecule has 2 aliphatic heterocycles. The van der Waals surface area contributed by atoms with Gasteiger partial charge in [-0.2, -0.15) is 4.31 Å². The van der Waals surface area contributed by atoms with Gasteiger partial charge < -0.3 is 5.32 Å². The van der Waals surface area contributed by atoms with Crippen LogP contribution >= 0.6 is 0 Å². The number of amides is 3. The molecule has 0 bridgehead atoms. The average molecular weight is 460 g/mol. The highest BCUT2D eigenvalue weighted by atomic mass is 32.2. The van der Waals surface area contributed by atoms with Crippen molar-refractivity contribution in [3.05, 3.63) is 36.4 Å². The average Bonchev–Trinajstić information content (AvgIpc) is 2.98. The highest BCUT2D eigenvalue weighted by Gasteiger charge is 2.46. The summed E-state index contributed by atoms with van der Waals surface area (Å²) in [5.41, 5.74) is 0.378. The third-order valence-corrected chi connectivity index (χ3v) is 8.38. The van der Waals surface area contributed by atoms with Crippen molar-refractivity contribution in [3.63, 3.8) is 0 Å². The molecule has 0 aromatic heterocycles. The first kappa shape index (κ1) is 22.7. The first-order valence-electron chi connectivity index (χ1n) is 11.3. The third kappa shape index (κ3) is 4.63. The Morgan fingerprint density at radius 2 is 1.59 bits per heavy atom. The summed E-state index contributed by atoms with van der Waals surface area (Å²) in [6.45, 7) is 1.05. The molecule has 0 radical (unpaired) electrons. The number of hydrogen-bond donors (Lipinski definition) is 1. The number of nitrogens with one attached hydrogen (secondary N) is 1. The van der Waals surface area contributed by atoms with Gasteiger partial charge in [-0.1, -0.05) is 31.1 Å². The van der Waals surface area contributed by atoms with Crippen LogP contribution in [0.2, 0.25) is 0 Å². The maximum Gasteiger partial charge on any atom is 0.243 e. The van der Waals surface area contributed by atoms with Gasteiger partial charge in [0.2, 0.25) is 27.7 Å². The topological polar surface area (TPSA) is 104 Å². The van der Waals surface area contributed by atoms with Crippen LogP contribution in [0.25, 0.3) is 0 Å². The summed E-state index contributed by atoms with van der Waals surface area (Å²) >= 11 is 0. The molecule has 32 heavy (non-hydrogen) atoms. The second kappa shape index (κ2) is 9.54. The van der Waals surface area contributed by atoms with Gasteiger partial charge in [0.1, 0.15) is 0 Å². The molecule has 3 amide bonds. The zero-order valence-corrected chi connectivity index (χ0v) is 18.9. The van der Waals surface area contributed by atoms with E-state index in [0.717, 1.165) is 25.7 Å². The first-order chi connectivity index (χ1) is 15.4. The molecule has 2 fully saturated rings. The standard InChI is InChI=1S/C23H29N3O5S/c27-21(12-15-26-22(28)19-10-3-4-11-20(19)23(26)29)24-17-8-7-9-18(16-17)32(30,31)25-13-5-1-2-6-14-25/h3-4,7-9,16,19-20H,1-2,5-6,10-15H2,(H,24,27). The molecule has 1 aromatic carbocycles. The summed E-state index contributed by atoms with van der Waals surface area (Å²) in [4.78, 5) is 38.9. The van der Waals surface area contributed by atoms with Crippen LogP contribution < -0.4 is 5.32 Å². The molecule has 1 aromatic rings. The monoisotopic (exact) mass is 459 g/mol. The van der Waals surface area contributed by atoms with Crippen LogP contribution in [0, 0.1) is 11.8 Å². The largest absolute Gasteiger partial charge is 0.326 e. The fourth-order valence-electron chi connectivity index (χ4n) is 4.69. The number of carbonyl (C=O) groups is 3. The van der Waals surface area contributed by atoms with E-state index in [-0.39, 0.29) is 47.4 Å². The van der Waals surface area contributed by atoms with Crippen molar-refractivity contribution in [2.45, 2.75) is 49.8 Å². The molecule has 1 aliphatic carbocycles. The molecule has 8 nitrogen and oxygen atoms in total. The van der Waals surface area contributed by atoms with Gasteiger partial charge in [0.05, 0.1) is 16.7 Å². The van der Waals surface area contributed by atoms with Gasteiger partial charge in [-0.25, -0.2) is 8.42 Å². The van der Waals surface area contributed by atoms with Crippen LogP contribution in [0.1, 0.15) is 44.9 Å². The van der Waals surface area contributed by atoms with Gasteiger partial charge in [0.15, 0.2) is 0 Å². The van der Waals surface area contributed by atoms with Crippen LogP contribution in [0.15, 0.2) is 41.3 Å². The number of imide groups is 1. The molecule has 3 aliphatic rings. The number of allylic oxidation sites excluding steroid dienone is 2. The number of nitrogens with zero attached hydrogens (tertiary/aromatic N) is 2. The van der Waals surface area contributed by atoms with Crippen molar-refractivity contribution in [1.82, 2.24) is 9.21 Å². The zero-order valence-electron chi connectivity index (χ0n) is 18.0. The van der Waals surface area contributed by atoms with Gasteiger partial charge in [-0.3, -0.25) is 19.3 Å². The zero-order chi connectivity index (χ0) is 22.7. The quantitative estimate of drug-likeness (QED) is 0.520. The van der Waals surface area contributed by atoms with Crippen molar-refractivity contribution in [1.29, 1.82) is 0 Å². The number of anilines is 1. The van der Waals surface area contributed by atoms with Crippen molar-refractivity contribution in [2.75, 3.05) is 25.0 Å². The Bertz CT molecular complexity index is 1000. The predicted octanol–water partition coefficient (Wildman–Crippen LogP) is 2.53. The summed E-state index contributed by atoms with van der Waals surface area (Å²) in [7, 11) is -3.62. The van der Waals surface area contributed by atoms with E-state index < -0.39 is 10.0 Å². The predicted molar refractivity (Wildman–Crippen MR) is 119 cm³/mol. The minimum atomic E-state index is -3.62. The van der Waals surface area contributed by atoms with Crippen LogP contribution in [-0.4, -0.2) is 55.0 Å².